The molecule has 0 bridgehead atoms. The van der Waals surface area contributed by atoms with Crippen LogP contribution >= 0.6 is 0 Å². The Balaban J connectivity index is 1.63. The second-order valence-corrected chi connectivity index (χ2v) is 6.75. The lowest BCUT2D eigenvalue weighted by molar-refractivity contribution is -0.171. The fraction of sp³-hybridized carbons (Fsp3) is 0.588. The normalized spacial score (nSPS) is 20.3. The third-order valence-corrected chi connectivity index (χ3v) is 4.76. The highest BCUT2D eigenvalue weighted by atomic mass is 16.5. The fourth-order valence-electron chi connectivity index (χ4n) is 3.33. The molecule has 1 spiro atoms. The van der Waals surface area contributed by atoms with E-state index in [2.05, 4.69) is 4.98 Å². The van der Waals surface area contributed by atoms with Crippen LogP contribution in [0.5, 0.6) is 0 Å². The zero-order valence-corrected chi connectivity index (χ0v) is 14.3. The van der Waals surface area contributed by atoms with Gasteiger partial charge in [0.15, 0.2) is 0 Å². The molecule has 7 nitrogen and oxygen atoms in total. The second kappa shape index (κ2) is 6.76. The third-order valence-electron chi connectivity index (χ3n) is 4.76. The van der Waals surface area contributed by atoms with Crippen molar-refractivity contribution in [1.29, 1.82) is 0 Å². The van der Waals surface area contributed by atoms with Crippen LogP contribution in [0.4, 0.5) is 4.79 Å². The molecule has 2 aliphatic heterocycles. The highest BCUT2D eigenvalue weighted by molar-refractivity contribution is 5.78. The molecule has 1 aromatic heterocycles. The summed E-state index contributed by atoms with van der Waals surface area (Å²) in [5.74, 6) is 0.0104. The molecular formula is C17H24N4O3. The number of aromatic nitrogens is 1. The van der Waals surface area contributed by atoms with Crippen LogP contribution in [0.1, 0.15) is 18.4 Å². The van der Waals surface area contributed by atoms with Crippen LogP contribution in [0.25, 0.3) is 0 Å². The van der Waals surface area contributed by atoms with Gasteiger partial charge in [0.25, 0.3) is 0 Å². The zero-order chi connectivity index (χ0) is 17.2. The quantitative estimate of drug-likeness (QED) is 0.809. The van der Waals surface area contributed by atoms with E-state index < -0.39 is 0 Å². The number of urea groups is 1. The summed E-state index contributed by atoms with van der Waals surface area (Å²) in [4.78, 5) is 33.7. The van der Waals surface area contributed by atoms with E-state index in [0.29, 0.717) is 26.2 Å². The molecule has 0 radical (unpaired) electrons. The molecule has 2 aliphatic rings. The SMILES string of the molecule is CN(C)C(=O)N1CCC2(CC1)CN(Cc1cccnc1)C(=O)CO2. The molecule has 7 heteroatoms. The lowest BCUT2D eigenvalue weighted by Crippen LogP contribution is -2.59. The van der Waals surface area contributed by atoms with Gasteiger partial charge in [-0.15, -0.1) is 0 Å². The first kappa shape index (κ1) is 16.7. The highest BCUT2D eigenvalue weighted by Gasteiger charge is 2.43. The van der Waals surface area contributed by atoms with Gasteiger partial charge in [-0.25, -0.2) is 4.79 Å². The number of hydrogen-bond acceptors (Lipinski definition) is 4. The summed E-state index contributed by atoms with van der Waals surface area (Å²) in [7, 11) is 3.52. The molecule has 3 amide bonds. The maximum Gasteiger partial charge on any atom is 0.319 e. The zero-order valence-electron chi connectivity index (χ0n) is 14.3. The van der Waals surface area contributed by atoms with Crippen LogP contribution in [-0.2, 0) is 16.1 Å². The maximum atomic E-state index is 12.2. The molecule has 3 rings (SSSR count). The van der Waals surface area contributed by atoms with Crippen LogP contribution in [-0.4, -0.2) is 77.6 Å². The van der Waals surface area contributed by atoms with E-state index >= 15 is 0 Å². The van der Waals surface area contributed by atoms with Gasteiger partial charge in [0, 0.05) is 46.1 Å². The molecule has 0 aromatic carbocycles. The number of piperidine rings is 1. The van der Waals surface area contributed by atoms with Gasteiger partial charge in [0.2, 0.25) is 5.91 Å². The first-order chi connectivity index (χ1) is 11.5. The molecule has 0 N–H and O–H groups in total. The van der Waals surface area contributed by atoms with Crippen molar-refractivity contribution in [1.82, 2.24) is 19.7 Å². The number of nitrogens with zero attached hydrogens (tertiary/aromatic N) is 4. The van der Waals surface area contributed by atoms with E-state index in [0.717, 1.165) is 18.4 Å². The van der Waals surface area contributed by atoms with Gasteiger partial charge in [0.1, 0.15) is 6.61 Å². The maximum absolute atomic E-state index is 12.2. The van der Waals surface area contributed by atoms with Crippen molar-refractivity contribution in [2.75, 3.05) is 40.3 Å². The van der Waals surface area contributed by atoms with E-state index in [1.807, 2.05) is 21.9 Å². The first-order valence-corrected chi connectivity index (χ1v) is 8.26. The van der Waals surface area contributed by atoms with Crippen molar-refractivity contribution in [3.05, 3.63) is 30.1 Å². The van der Waals surface area contributed by atoms with Crippen LogP contribution in [0.3, 0.4) is 0 Å². The van der Waals surface area contributed by atoms with Gasteiger partial charge in [-0.05, 0) is 24.5 Å². The number of carbonyl (C=O) groups excluding carboxylic acids is 2. The Morgan fingerprint density at radius 3 is 2.75 bits per heavy atom. The van der Waals surface area contributed by atoms with Crippen molar-refractivity contribution in [3.8, 4) is 0 Å². The number of likely N-dealkylation sites (tertiary alicyclic amines) is 1. The summed E-state index contributed by atoms with van der Waals surface area (Å²) >= 11 is 0. The first-order valence-electron chi connectivity index (χ1n) is 8.26. The number of morpholine rings is 1. The van der Waals surface area contributed by atoms with Crippen LogP contribution in [0.2, 0.25) is 0 Å². The second-order valence-electron chi connectivity index (χ2n) is 6.75. The fourth-order valence-corrected chi connectivity index (χ4v) is 3.33. The van der Waals surface area contributed by atoms with Crippen molar-refractivity contribution in [2.45, 2.75) is 25.0 Å². The monoisotopic (exact) mass is 332 g/mol. The minimum absolute atomic E-state index is 0.0104. The summed E-state index contributed by atoms with van der Waals surface area (Å²) in [5, 5.41) is 0. The number of hydrogen-bond donors (Lipinski definition) is 0. The van der Waals surface area contributed by atoms with Gasteiger partial charge in [-0.1, -0.05) is 6.07 Å². The summed E-state index contributed by atoms with van der Waals surface area (Å²) < 4.78 is 5.92. The molecule has 0 saturated carbocycles. The van der Waals surface area contributed by atoms with E-state index in [-0.39, 0.29) is 24.1 Å². The summed E-state index contributed by atoms with van der Waals surface area (Å²) in [5.41, 5.74) is 0.683. The minimum Gasteiger partial charge on any atom is -0.363 e. The van der Waals surface area contributed by atoms with Crippen molar-refractivity contribution in [2.24, 2.45) is 0 Å². The Hall–Kier alpha value is -2.15. The van der Waals surface area contributed by atoms with Crippen LogP contribution in [0.15, 0.2) is 24.5 Å². The Bertz CT molecular complexity index is 597. The predicted molar refractivity (Wildman–Crippen MR) is 88.2 cm³/mol. The Morgan fingerprint density at radius 1 is 1.38 bits per heavy atom. The van der Waals surface area contributed by atoms with Crippen LogP contribution < -0.4 is 0 Å². The van der Waals surface area contributed by atoms with Crippen molar-refractivity contribution < 1.29 is 14.3 Å². The van der Waals surface area contributed by atoms with E-state index in [4.69, 9.17) is 4.74 Å². The Morgan fingerprint density at radius 2 is 2.12 bits per heavy atom. The van der Waals surface area contributed by atoms with E-state index in [1.54, 1.807) is 31.4 Å². The average Bonchev–Trinajstić information content (AvgIpc) is 2.59. The number of amides is 3. The van der Waals surface area contributed by atoms with Gasteiger partial charge in [-0.3, -0.25) is 9.78 Å². The smallest absolute Gasteiger partial charge is 0.319 e. The third kappa shape index (κ3) is 3.51. The predicted octanol–water partition coefficient (Wildman–Crippen LogP) is 0.957. The molecule has 130 valence electrons. The summed E-state index contributed by atoms with van der Waals surface area (Å²) in [6.07, 6.45) is 5.02. The van der Waals surface area contributed by atoms with Crippen molar-refractivity contribution in [3.63, 3.8) is 0 Å². The summed E-state index contributed by atoms with van der Waals surface area (Å²) in [6, 6.07) is 3.88. The standard InChI is InChI=1S/C17H24N4O3/c1-19(2)16(23)20-8-5-17(6-9-20)13-21(15(22)12-24-17)11-14-4-3-7-18-10-14/h3-4,7,10H,5-6,8-9,11-13H2,1-2H3. The van der Waals surface area contributed by atoms with Gasteiger partial charge < -0.3 is 19.4 Å². The van der Waals surface area contributed by atoms with Crippen molar-refractivity contribution >= 4 is 11.9 Å². The number of pyridine rings is 1. The largest absolute Gasteiger partial charge is 0.363 e. The molecule has 2 fully saturated rings. The topological polar surface area (TPSA) is 66.0 Å². The Kier molecular flexibility index (Phi) is 4.71. The van der Waals surface area contributed by atoms with Gasteiger partial charge in [-0.2, -0.15) is 0 Å². The molecule has 24 heavy (non-hydrogen) atoms. The molecule has 3 heterocycles. The van der Waals surface area contributed by atoms with E-state index in [1.165, 1.54) is 0 Å². The minimum atomic E-state index is -0.334. The lowest BCUT2D eigenvalue weighted by Gasteiger charge is -2.47. The molecule has 0 aliphatic carbocycles. The molecule has 0 atom stereocenters. The van der Waals surface area contributed by atoms with Gasteiger partial charge >= 0.3 is 6.03 Å². The molecule has 2 saturated heterocycles. The molecular weight excluding hydrogens is 308 g/mol. The molecule has 1 aromatic rings. The highest BCUT2D eigenvalue weighted by Crippen LogP contribution is 2.31. The van der Waals surface area contributed by atoms with Crippen LogP contribution in [0, 0.1) is 0 Å². The molecule has 0 unspecified atom stereocenters. The average molecular weight is 332 g/mol. The number of ether oxygens (including phenoxy) is 1. The number of carbonyl (C=O) groups is 2. The van der Waals surface area contributed by atoms with Gasteiger partial charge in [0.05, 0.1) is 12.1 Å². The van der Waals surface area contributed by atoms with E-state index in [9.17, 15) is 9.59 Å². The lowest BCUT2D eigenvalue weighted by atomic mass is 9.89. The summed E-state index contributed by atoms with van der Waals surface area (Å²) in [6.45, 7) is 2.56. The Labute approximate surface area is 142 Å². The number of rotatable bonds is 2.